The average Bonchev–Trinajstić information content (AvgIpc) is 2.55. The molecule has 84 valence electrons. The number of nitrogens with two attached hydrogens (primary N) is 2. The smallest absolute Gasteiger partial charge is 0.242 e. The Morgan fingerprint density at radius 3 is 2.80 bits per heavy atom. The van der Waals surface area contributed by atoms with E-state index in [-0.39, 0.29) is 12.1 Å². The first kappa shape index (κ1) is 10.4. The first-order chi connectivity index (χ1) is 7.11. The molecule has 2 rings (SSSR count). The van der Waals surface area contributed by atoms with Gasteiger partial charge in [0.15, 0.2) is 0 Å². The van der Waals surface area contributed by atoms with Gasteiger partial charge in [0.25, 0.3) is 0 Å². The summed E-state index contributed by atoms with van der Waals surface area (Å²) >= 11 is 0. The van der Waals surface area contributed by atoms with E-state index in [9.17, 15) is 9.59 Å². The van der Waals surface area contributed by atoms with Gasteiger partial charge in [0.2, 0.25) is 11.8 Å². The van der Waals surface area contributed by atoms with Gasteiger partial charge < -0.3 is 21.1 Å². The number of amides is 2. The third kappa shape index (κ3) is 1.70. The third-order valence-corrected chi connectivity index (χ3v) is 2.97. The van der Waals surface area contributed by atoms with Crippen molar-refractivity contribution in [1.82, 2.24) is 4.90 Å². The molecule has 15 heavy (non-hydrogen) atoms. The van der Waals surface area contributed by atoms with Crippen LogP contribution in [0.25, 0.3) is 0 Å². The molecule has 2 aliphatic heterocycles. The highest BCUT2D eigenvalue weighted by Crippen LogP contribution is 2.27. The zero-order valence-electron chi connectivity index (χ0n) is 8.39. The fourth-order valence-corrected chi connectivity index (χ4v) is 2.16. The minimum atomic E-state index is -0.574. The molecule has 2 fully saturated rings. The zero-order valence-corrected chi connectivity index (χ0v) is 8.39. The molecule has 0 saturated carbocycles. The Balaban J connectivity index is 2.23. The van der Waals surface area contributed by atoms with Crippen LogP contribution in [-0.2, 0) is 14.3 Å². The Hall–Kier alpha value is -1.14. The predicted octanol–water partition coefficient (Wildman–Crippen LogP) is -1.46. The predicted molar refractivity (Wildman–Crippen MR) is 51.4 cm³/mol. The molecule has 1 unspecified atom stereocenters. The molecule has 3 atom stereocenters. The lowest BCUT2D eigenvalue weighted by Gasteiger charge is -2.27. The highest BCUT2D eigenvalue weighted by atomic mass is 16.5. The maximum absolute atomic E-state index is 11.9. The summed E-state index contributed by atoms with van der Waals surface area (Å²) < 4.78 is 5.47. The van der Waals surface area contributed by atoms with Crippen LogP contribution in [0.15, 0.2) is 0 Å². The van der Waals surface area contributed by atoms with Crippen LogP contribution in [0.4, 0.5) is 0 Å². The SMILES string of the molecule is NC(=O)C1CC[C@@H]2OCC[C@H](N)C(=O)N12. The number of carbonyl (C=O) groups is 2. The van der Waals surface area contributed by atoms with Gasteiger partial charge in [0, 0.05) is 0 Å². The van der Waals surface area contributed by atoms with Gasteiger partial charge in [-0.1, -0.05) is 0 Å². The number of fused-ring (bicyclic) bond motifs is 1. The van der Waals surface area contributed by atoms with Gasteiger partial charge >= 0.3 is 0 Å². The molecular formula is C9H15N3O3. The number of hydrogen-bond acceptors (Lipinski definition) is 4. The fourth-order valence-electron chi connectivity index (χ4n) is 2.16. The molecule has 6 nitrogen and oxygen atoms in total. The Kier molecular flexibility index (Phi) is 2.62. The molecule has 0 spiro atoms. The molecule has 0 aliphatic carbocycles. The second-order valence-electron chi connectivity index (χ2n) is 3.96. The van der Waals surface area contributed by atoms with Gasteiger partial charge in [-0.15, -0.1) is 0 Å². The van der Waals surface area contributed by atoms with Crippen LogP contribution in [0.2, 0.25) is 0 Å². The molecular weight excluding hydrogens is 198 g/mol. The van der Waals surface area contributed by atoms with Crippen molar-refractivity contribution in [3.05, 3.63) is 0 Å². The maximum Gasteiger partial charge on any atom is 0.242 e. The van der Waals surface area contributed by atoms with Crippen LogP contribution in [0.5, 0.6) is 0 Å². The molecule has 4 N–H and O–H groups in total. The van der Waals surface area contributed by atoms with Crippen molar-refractivity contribution in [3.8, 4) is 0 Å². The highest BCUT2D eigenvalue weighted by Gasteiger charge is 2.43. The van der Waals surface area contributed by atoms with Crippen molar-refractivity contribution in [2.75, 3.05) is 6.61 Å². The van der Waals surface area contributed by atoms with Gasteiger partial charge in [-0.05, 0) is 19.3 Å². The van der Waals surface area contributed by atoms with Crippen LogP contribution < -0.4 is 11.5 Å². The lowest BCUT2D eigenvalue weighted by atomic mass is 10.1. The molecule has 2 aliphatic rings. The molecule has 2 amide bonds. The van der Waals surface area contributed by atoms with E-state index in [1.807, 2.05) is 0 Å². The normalized spacial score (nSPS) is 36.2. The Bertz CT molecular complexity index is 294. The van der Waals surface area contributed by atoms with Crippen LogP contribution in [0, 0.1) is 0 Å². The Morgan fingerprint density at radius 1 is 1.40 bits per heavy atom. The number of carbonyl (C=O) groups excluding carboxylic acids is 2. The molecule has 2 heterocycles. The van der Waals surface area contributed by atoms with E-state index < -0.39 is 18.0 Å². The minimum absolute atomic E-state index is 0.223. The van der Waals surface area contributed by atoms with E-state index in [0.717, 1.165) is 0 Å². The molecule has 0 aromatic heterocycles. The Labute approximate surface area is 87.5 Å². The lowest BCUT2D eigenvalue weighted by Crippen LogP contribution is -2.51. The number of nitrogens with zero attached hydrogens (tertiary/aromatic N) is 1. The van der Waals surface area contributed by atoms with E-state index in [1.54, 1.807) is 0 Å². The molecule has 6 heteroatoms. The first-order valence-electron chi connectivity index (χ1n) is 5.10. The van der Waals surface area contributed by atoms with E-state index >= 15 is 0 Å². The summed E-state index contributed by atoms with van der Waals surface area (Å²) in [7, 11) is 0. The topological polar surface area (TPSA) is 98.6 Å². The van der Waals surface area contributed by atoms with Crippen LogP contribution in [-0.4, -0.2) is 41.6 Å². The largest absolute Gasteiger partial charge is 0.368 e. The van der Waals surface area contributed by atoms with E-state index in [1.165, 1.54) is 4.90 Å². The van der Waals surface area contributed by atoms with Crippen molar-refractivity contribution < 1.29 is 14.3 Å². The molecule has 0 radical (unpaired) electrons. The number of hydrogen-bond donors (Lipinski definition) is 2. The standard InChI is InChI=1S/C9H15N3O3/c10-5-3-4-15-7-2-1-6(8(11)13)12(7)9(5)14/h5-7H,1-4,10H2,(H2,11,13)/t5-,6?,7-/m0/s1. The van der Waals surface area contributed by atoms with Gasteiger partial charge in [0.05, 0.1) is 12.6 Å². The van der Waals surface area contributed by atoms with Crippen LogP contribution >= 0.6 is 0 Å². The second-order valence-corrected chi connectivity index (χ2v) is 3.96. The van der Waals surface area contributed by atoms with E-state index in [0.29, 0.717) is 25.9 Å². The quantitative estimate of drug-likeness (QED) is 0.556. The van der Waals surface area contributed by atoms with Crippen molar-refractivity contribution in [1.29, 1.82) is 0 Å². The van der Waals surface area contributed by atoms with Gasteiger partial charge in [-0.2, -0.15) is 0 Å². The monoisotopic (exact) mass is 213 g/mol. The molecule has 2 saturated heterocycles. The van der Waals surface area contributed by atoms with Crippen molar-refractivity contribution in [2.45, 2.75) is 37.6 Å². The summed E-state index contributed by atoms with van der Waals surface area (Å²) in [5.74, 6) is -0.706. The summed E-state index contributed by atoms with van der Waals surface area (Å²) in [6, 6.07) is -1.12. The summed E-state index contributed by atoms with van der Waals surface area (Å²) in [4.78, 5) is 24.4. The van der Waals surface area contributed by atoms with Crippen molar-refractivity contribution in [2.24, 2.45) is 11.5 Å². The van der Waals surface area contributed by atoms with Gasteiger partial charge in [-0.25, -0.2) is 0 Å². The summed E-state index contributed by atoms with van der Waals surface area (Å²) in [5, 5.41) is 0. The fraction of sp³-hybridized carbons (Fsp3) is 0.778. The number of ether oxygens (including phenoxy) is 1. The second kappa shape index (κ2) is 3.79. The Morgan fingerprint density at radius 2 is 2.13 bits per heavy atom. The third-order valence-electron chi connectivity index (χ3n) is 2.97. The van der Waals surface area contributed by atoms with E-state index in [2.05, 4.69) is 0 Å². The number of rotatable bonds is 1. The zero-order chi connectivity index (χ0) is 11.0. The lowest BCUT2D eigenvalue weighted by molar-refractivity contribution is -0.146. The van der Waals surface area contributed by atoms with Crippen molar-refractivity contribution in [3.63, 3.8) is 0 Å². The summed E-state index contributed by atoms with van der Waals surface area (Å²) in [5.41, 5.74) is 10.9. The molecule has 0 aromatic carbocycles. The van der Waals surface area contributed by atoms with Crippen LogP contribution in [0.1, 0.15) is 19.3 Å². The maximum atomic E-state index is 11.9. The van der Waals surface area contributed by atoms with E-state index in [4.69, 9.17) is 16.2 Å². The van der Waals surface area contributed by atoms with Gasteiger partial charge in [0.1, 0.15) is 12.3 Å². The average molecular weight is 213 g/mol. The number of primary amides is 1. The van der Waals surface area contributed by atoms with Crippen LogP contribution in [0.3, 0.4) is 0 Å². The van der Waals surface area contributed by atoms with Crippen molar-refractivity contribution >= 4 is 11.8 Å². The highest BCUT2D eigenvalue weighted by molar-refractivity contribution is 5.89. The molecule has 0 aromatic rings. The molecule has 0 bridgehead atoms. The van der Waals surface area contributed by atoms with Gasteiger partial charge in [-0.3, -0.25) is 9.59 Å². The minimum Gasteiger partial charge on any atom is -0.368 e. The summed E-state index contributed by atoms with van der Waals surface area (Å²) in [6.07, 6.45) is 1.41. The summed E-state index contributed by atoms with van der Waals surface area (Å²) in [6.45, 7) is 0.458. The first-order valence-corrected chi connectivity index (χ1v) is 5.10.